The molecule has 6 heteroatoms. The Morgan fingerprint density at radius 3 is 2.58 bits per heavy atom. The highest BCUT2D eigenvalue weighted by molar-refractivity contribution is 5.55. The number of aryl methyl sites for hydroxylation is 1. The normalized spacial score (nSPS) is 12.6. The number of carbonyl (C=O) groups is 1. The van der Waals surface area contributed by atoms with Gasteiger partial charge in [-0.25, -0.2) is 10.8 Å². The van der Waals surface area contributed by atoms with E-state index in [1.54, 1.807) is 5.43 Å². The van der Waals surface area contributed by atoms with E-state index in [0.717, 1.165) is 11.4 Å². The monoisotopic (exact) mass is 328 g/mol. The minimum atomic E-state index is 0.403. The van der Waals surface area contributed by atoms with Crippen LogP contribution >= 0.6 is 0 Å². The van der Waals surface area contributed by atoms with Gasteiger partial charge in [-0.15, -0.1) is 0 Å². The fourth-order valence-corrected chi connectivity index (χ4v) is 2.52. The summed E-state index contributed by atoms with van der Waals surface area (Å²) >= 11 is 0. The van der Waals surface area contributed by atoms with Crippen LogP contribution in [0.15, 0.2) is 36.4 Å². The molecule has 0 radical (unpaired) electrons. The molecular formula is C18H24N4O2. The lowest BCUT2D eigenvalue weighted by molar-refractivity contribution is -0.109. The molecule has 1 saturated carbocycles. The number of amides is 1. The van der Waals surface area contributed by atoms with Crippen LogP contribution in [0.5, 0.6) is 5.88 Å². The summed E-state index contributed by atoms with van der Waals surface area (Å²) in [5, 5.41) is 3.27. The highest BCUT2D eigenvalue weighted by atomic mass is 16.5. The molecule has 128 valence electrons. The number of rotatable bonds is 6. The highest BCUT2D eigenvalue weighted by Gasteiger charge is 2.27. The number of hydrazine groups is 1. The van der Waals surface area contributed by atoms with Crippen LogP contribution in [0, 0.1) is 6.92 Å². The van der Waals surface area contributed by atoms with Crippen molar-refractivity contribution in [3.63, 3.8) is 0 Å². The fraction of sp³-hybridized carbons (Fsp3) is 0.333. The third-order valence-corrected chi connectivity index (χ3v) is 3.79. The third kappa shape index (κ3) is 4.96. The quantitative estimate of drug-likeness (QED) is 0.328. The Bertz CT molecular complexity index is 672. The number of hydrogen-bond acceptors (Lipinski definition) is 5. The van der Waals surface area contributed by atoms with Gasteiger partial charge >= 0.3 is 0 Å². The fourth-order valence-electron chi connectivity index (χ4n) is 2.52. The number of nitrogens with zero attached hydrogens (tertiary/aromatic N) is 1. The van der Waals surface area contributed by atoms with Crippen molar-refractivity contribution in [3.8, 4) is 5.88 Å². The molecular weight excluding hydrogens is 304 g/mol. The van der Waals surface area contributed by atoms with Crippen molar-refractivity contribution >= 4 is 12.1 Å². The number of nitrogens with two attached hydrogens (primary N) is 1. The molecule has 1 aromatic heterocycles. The van der Waals surface area contributed by atoms with E-state index in [0.29, 0.717) is 24.8 Å². The first kappa shape index (κ1) is 17.7. The van der Waals surface area contributed by atoms with Gasteiger partial charge in [-0.05, 0) is 43.4 Å². The molecule has 0 spiro atoms. The lowest BCUT2D eigenvalue weighted by Gasteiger charge is -2.15. The Hall–Kier alpha value is -2.60. The maximum Gasteiger partial charge on any atom is 0.221 e. The number of aromatic nitrogens is 1. The van der Waals surface area contributed by atoms with Gasteiger partial charge in [0.1, 0.15) is 6.61 Å². The van der Waals surface area contributed by atoms with Gasteiger partial charge in [-0.2, -0.15) is 0 Å². The van der Waals surface area contributed by atoms with Crippen molar-refractivity contribution < 1.29 is 9.53 Å². The summed E-state index contributed by atoms with van der Waals surface area (Å²) in [6.45, 7) is 2.54. The molecule has 0 bridgehead atoms. The zero-order valence-electron chi connectivity index (χ0n) is 14.1. The van der Waals surface area contributed by atoms with Crippen LogP contribution < -0.4 is 21.3 Å². The van der Waals surface area contributed by atoms with Crippen LogP contribution in [0.2, 0.25) is 0 Å². The largest absolute Gasteiger partial charge is 0.473 e. The van der Waals surface area contributed by atoms with Crippen LogP contribution in [0.25, 0.3) is 0 Å². The van der Waals surface area contributed by atoms with Gasteiger partial charge < -0.3 is 10.1 Å². The summed E-state index contributed by atoms with van der Waals surface area (Å²) in [4.78, 5) is 13.3. The molecule has 0 atom stereocenters. The molecule has 6 nitrogen and oxygen atoms in total. The predicted octanol–water partition coefficient (Wildman–Crippen LogP) is 2.49. The molecule has 0 saturated heterocycles. The molecule has 1 aliphatic rings. The van der Waals surface area contributed by atoms with E-state index in [-0.39, 0.29) is 0 Å². The average molecular weight is 328 g/mol. The Labute approximate surface area is 142 Å². The molecule has 1 aromatic carbocycles. The van der Waals surface area contributed by atoms with E-state index in [2.05, 4.69) is 34.3 Å². The summed E-state index contributed by atoms with van der Waals surface area (Å²) in [5.41, 5.74) is 6.57. The van der Waals surface area contributed by atoms with Crippen LogP contribution in [0.1, 0.15) is 35.6 Å². The summed E-state index contributed by atoms with van der Waals surface area (Å²) in [5.74, 6) is 5.82. The minimum absolute atomic E-state index is 0.403. The van der Waals surface area contributed by atoms with Crippen molar-refractivity contribution in [2.45, 2.75) is 32.3 Å². The topological polar surface area (TPSA) is 89.3 Å². The van der Waals surface area contributed by atoms with Crippen LogP contribution in [0.3, 0.4) is 0 Å². The molecule has 24 heavy (non-hydrogen) atoms. The number of benzene rings is 1. The maximum absolute atomic E-state index is 8.94. The van der Waals surface area contributed by atoms with Crippen LogP contribution in [-0.4, -0.2) is 18.4 Å². The van der Waals surface area contributed by atoms with Crippen LogP contribution in [0.4, 0.5) is 5.69 Å². The van der Waals surface area contributed by atoms with Crippen molar-refractivity contribution in [1.29, 1.82) is 0 Å². The molecule has 0 unspecified atom stereocenters. The number of carbonyl (C=O) groups excluding carboxylic acids is 1. The van der Waals surface area contributed by atoms with Gasteiger partial charge in [0, 0.05) is 30.1 Å². The summed E-state index contributed by atoms with van der Waals surface area (Å²) < 4.78 is 5.88. The van der Waals surface area contributed by atoms with Gasteiger partial charge in [0.05, 0.1) is 0 Å². The smallest absolute Gasteiger partial charge is 0.221 e. The van der Waals surface area contributed by atoms with E-state index in [4.69, 9.17) is 9.53 Å². The second kappa shape index (κ2) is 8.88. The summed E-state index contributed by atoms with van der Waals surface area (Å²) in [6, 6.07) is 12.3. The minimum Gasteiger partial charge on any atom is -0.473 e. The van der Waals surface area contributed by atoms with E-state index >= 15 is 0 Å². The zero-order valence-corrected chi connectivity index (χ0v) is 14.1. The number of pyridine rings is 1. The second-order valence-electron chi connectivity index (χ2n) is 5.59. The van der Waals surface area contributed by atoms with E-state index < -0.39 is 0 Å². The average Bonchev–Trinajstić information content (AvgIpc) is 3.45. The lowest BCUT2D eigenvalue weighted by Crippen LogP contribution is -2.18. The predicted molar refractivity (Wildman–Crippen MR) is 94.7 cm³/mol. The van der Waals surface area contributed by atoms with Crippen molar-refractivity contribution in [2.24, 2.45) is 5.84 Å². The van der Waals surface area contributed by atoms with Crippen LogP contribution in [-0.2, 0) is 11.4 Å². The Kier molecular flexibility index (Phi) is 6.57. The van der Waals surface area contributed by atoms with E-state index in [1.165, 1.54) is 24.0 Å². The SMILES string of the molecule is CNc1cccc(C2CC2)c1COc1cccc(C)n1.NNC=O. The third-order valence-electron chi connectivity index (χ3n) is 3.79. The first-order valence-corrected chi connectivity index (χ1v) is 7.95. The Morgan fingerprint density at radius 1 is 1.29 bits per heavy atom. The summed E-state index contributed by atoms with van der Waals surface area (Å²) in [6.07, 6.45) is 2.99. The molecule has 3 rings (SSSR count). The number of ether oxygens (including phenoxy) is 1. The maximum atomic E-state index is 8.94. The van der Waals surface area contributed by atoms with E-state index in [1.807, 2.05) is 32.2 Å². The molecule has 1 amide bonds. The molecule has 4 N–H and O–H groups in total. The van der Waals surface area contributed by atoms with Gasteiger partial charge in [0.25, 0.3) is 0 Å². The standard InChI is InChI=1S/C17H20N2O.CH4N2O/c1-12-5-3-8-17(19-12)20-11-15-14(13-9-10-13)6-4-7-16(15)18-2;2-3-1-4/h3-8,13,18H,9-11H2,1-2H3;1H,2H2,(H,3,4). The van der Waals surface area contributed by atoms with Crippen molar-refractivity contribution in [3.05, 3.63) is 53.2 Å². The van der Waals surface area contributed by atoms with Gasteiger partial charge in [-0.1, -0.05) is 18.2 Å². The second-order valence-corrected chi connectivity index (χ2v) is 5.59. The zero-order chi connectivity index (χ0) is 17.4. The molecule has 0 aliphatic heterocycles. The lowest BCUT2D eigenvalue weighted by atomic mass is 10.0. The number of nitrogens with one attached hydrogen (secondary N) is 2. The van der Waals surface area contributed by atoms with Crippen molar-refractivity contribution in [1.82, 2.24) is 10.4 Å². The Balaban J connectivity index is 0.000000471. The summed E-state index contributed by atoms with van der Waals surface area (Å²) in [7, 11) is 1.96. The Morgan fingerprint density at radius 2 is 2.00 bits per heavy atom. The van der Waals surface area contributed by atoms with Gasteiger partial charge in [0.15, 0.2) is 0 Å². The highest BCUT2D eigenvalue weighted by Crippen LogP contribution is 2.43. The van der Waals surface area contributed by atoms with Crippen molar-refractivity contribution in [2.75, 3.05) is 12.4 Å². The van der Waals surface area contributed by atoms with E-state index in [9.17, 15) is 0 Å². The van der Waals surface area contributed by atoms with Gasteiger partial charge in [0.2, 0.25) is 12.3 Å². The molecule has 1 heterocycles. The number of anilines is 1. The first-order chi connectivity index (χ1) is 11.7. The van der Waals surface area contributed by atoms with Gasteiger partial charge in [-0.3, -0.25) is 10.2 Å². The molecule has 1 fully saturated rings. The molecule has 2 aromatic rings. The molecule has 1 aliphatic carbocycles. The number of hydrogen-bond donors (Lipinski definition) is 3. The first-order valence-electron chi connectivity index (χ1n) is 7.95.